The molecule has 1 aromatic carbocycles. The number of methoxy groups -OCH3 is 1. The van der Waals surface area contributed by atoms with E-state index in [0.717, 1.165) is 17.0 Å². The molecule has 3 rings (SSSR count). The predicted octanol–water partition coefficient (Wildman–Crippen LogP) is 3.39. The van der Waals surface area contributed by atoms with Crippen LogP contribution in [0.1, 0.15) is 5.69 Å². The molecule has 0 N–H and O–H groups in total. The summed E-state index contributed by atoms with van der Waals surface area (Å²) in [5.41, 5.74) is 2.35. The summed E-state index contributed by atoms with van der Waals surface area (Å²) in [7, 11) is 1.44. The van der Waals surface area contributed by atoms with Gasteiger partial charge in [0.1, 0.15) is 0 Å². The highest BCUT2D eigenvalue weighted by Gasteiger charge is 2.12. The van der Waals surface area contributed by atoms with Crippen LogP contribution in [0.25, 0.3) is 17.1 Å². The third-order valence-electron chi connectivity index (χ3n) is 3.15. The van der Waals surface area contributed by atoms with E-state index in [1.54, 1.807) is 23.0 Å². The summed E-state index contributed by atoms with van der Waals surface area (Å²) in [5.74, 6) is 0.512. The third-order valence-corrected chi connectivity index (χ3v) is 3.15. The van der Waals surface area contributed by atoms with Crippen molar-refractivity contribution in [3.8, 4) is 22.8 Å². The second-order valence-corrected chi connectivity index (χ2v) is 4.62. The van der Waals surface area contributed by atoms with Crippen LogP contribution in [0, 0.1) is 12.7 Å². The number of benzene rings is 1. The van der Waals surface area contributed by atoms with E-state index in [-0.39, 0.29) is 5.75 Å². The van der Waals surface area contributed by atoms with Gasteiger partial charge >= 0.3 is 0 Å². The number of nitrogens with zero attached hydrogens (tertiary/aromatic N) is 3. The topological polar surface area (TPSA) is 39.9 Å². The Labute approximate surface area is 121 Å². The van der Waals surface area contributed by atoms with Crippen LogP contribution in [-0.4, -0.2) is 21.9 Å². The molecule has 0 fully saturated rings. The van der Waals surface area contributed by atoms with Gasteiger partial charge in [0.25, 0.3) is 0 Å². The van der Waals surface area contributed by atoms with Crippen molar-refractivity contribution in [2.75, 3.05) is 7.11 Å². The molecule has 0 aliphatic rings. The third kappa shape index (κ3) is 2.50. The van der Waals surface area contributed by atoms with E-state index in [1.165, 1.54) is 13.2 Å². The van der Waals surface area contributed by atoms with E-state index in [1.807, 2.05) is 31.2 Å². The lowest BCUT2D eigenvalue weighted by atomic mass is 10.1. The zero-order chi connectivity index (χ0) is 14.8. The normalized spacial score (nSPS) is 10.6. The fraction of sp³-hybridized carbons (Fsp3) is 0.125. The molecule has 0 saturated carbocycles. The number of rotatable bonds is 3. The van der Waals surface area contributed by atoms with Crippen molar-refractivity contribution in [3.05, 3.63) is 60.2 Å². The van der Waals surface area contributed by atoms with Crippen molar-refractivity contribution in [1.29, 1.82) is 0 Å². The highest BCUT2D eigenvalue weighted by atomic mass is 19.1. The van der Waals surface area contributed by atoms with Gasteiger partial charge in [-0.3, -0.25) is 0 Å². The summed E-state index contributed by atoms with van der Waals surface area (Å²) >= 11 is 0. The molecule has 3 aromatic rings. The van der Waals surface area contributed by atoms with Crippen LogP contribution in [0.5, 0.6) is 5.75 Å². The Morgan fingerprint density at radius 2 is 2.00 bits per heavy atom. The van der Waals surface area contributed by atoms with Gasteiger partial charge in [-0.25, -0.2) is 14.1 Å². The molecule has 2 heterocycles. The molecule has 0 aliphatic heterocycles. The van der Waals surface area contributed by atoms with Crippen LogP contribution >= 0.6 is 0 Å². The average Bonchev–Trinajstić information content (AvgIpc) is 2.90. The molecule has 2 aromatic heterocycles. The van der Waals surface area contributed by atoms with Crippen LogP contribution in [-0.2, 0) is 0 Å². The van der Waals surface area contributed by atoms with E-state index in [9.17, 15) is 4.39 Å². The molecule has 5 heteroatoms. The first kappa shape index (κ1) is 13.3. The van der Waals surface area contributed by atoms with Gasteiger partial charge in [-0.1, -0.05) is 6.07 Å². The summed E-state index contributed by atoms with van der Waals surface area (Å²) in [5, 5.41) is 4.43. The predicted molar refractivity (Wildman–Crippen MR) is 78.0 cm³/mol. The SMILES string of the molecule is COc1ccc(-c2cc(C)nn2-c2ccccn2)cc1F. The Bertz CT molecular complexity index is 768. The van der Waals surface area contributed by atoms with Crippen molar-refractivity contribution >= 4 is 0 Å². The highest BCUT2D eigenvalue weighted by molar-refractivity contribution is 5.63. The van der Waals surface area contributed by atoms with Crippen molar-refractivity contribution in [1.82, 2.24) is 14.8 Å². The minimum atomic E-state index is -0.401. The number of ether oxygens (including phenoxy) is 1. The second kappa shape index (κ2) is 5.36. The molecule has 4 nitrogen and oxygen atoms in total. The number of halogens is 1. The maximum Gasteiger partial charge on any atom is 0.165 e. The number of hydrogen-bond donors (Lipinski definition) is 0. The molecular formula is C16H14FN3O. The van der Waals surface area contributed by atoms with E-state index in [4.69, 9.17) is 4.74 Å². The van der Waals surface area contributed by atoms with Gasteiger partial charge < -0.3 is 4.74 Å². The van der Waals surface area contributed by atoms with Crippen LogP contribution < -0.4 is 4.74 Å². The fourth-order valence-corrected chi connectivity index (χ4v) is 2.18. The molecule has 0 spiro atoms. The molecule has 0 radical (unpaired) electrons. The van der Waals surface area contributed by atoms with Gasteiger partial charge in [-0.05, 0) is 43.3 Å². The zero-order valence-electron chi connectivity index (χ0n) is 11.7. The Balaban J connectivity index is 2.13. The van der Waals surface area contributed by atoms with Gasteiger partial charge in [-0.2, -0.15) is 5.10 Å². The van der Waals surface area contributed by atoms with Gasteiger partial charge in [0.05, 0.1) is 18.5 Å². The lowest BCUT2D eigenvalue weighted by Crippen LogP contribution is -2.01. The number of hydrogen-bond acceptors (Lipinski definition) is 3. The Kier molecular flexibility index (Phi) is 3.39. The Hall–Kier alpha value is -2.69. The monoisotopic (exact) mass is 283 g/mol. The smallest absolute Gasteiger partial charge is 0.165 e. The lowest BCUT2D eigenvalue weighted by Gasteiger charge is -2.08. The Morgan fingerprint density at radius 1 is 1.14 bits per heavy atom. The summed E-state index contributed by atoms with van der Waals surface area (Å²) in [6, 6.07) is 12.3. The largest absolute Gasteiger partial charge is 0.494 e. The van der Waals surface area contributed by atoms with Gasteiger partial charge in [0, 0.05) is 11.8 Å². The van der Waals surface area contributed by atoms with E-state index < -0.39 is 5.82 Å². The van der Waals surface area contributed by atoms with Crippen LogP contribution in [0.2, 0.25) is 0 Å². The standard InChI is InChI=1S/C16H14FN3O/c1-11-9-14(12-6-7-15(21-2)13(17)10-12)20(19-11)16-5-3-4-8-18-16/h3-10H,1-2H3. The summed E-state index contributed by atoms with van der Waals surface area (Å²) in [6.45, 7) is 1.89. The minimum Gasteiger partial charge on any atom is -0.494 e. The first-order valence-corrected chi connectivity index (χ1v) is 6.51. The van der Waals surface area contributed by atoms with Gasteiger partial charge in [0.15, 0.2) is 17.4 Å². The van der Waals surface area contributed by atoms with Crippen molar-refractivity contribution in [2.45, 2.75) is 6.92 Å². The minimum absolute atomic E-state index is 0.222. The molecule has 0 atom stereocenters. The van der Waals surface area contributed by atoms with Crippen molar-refractivity contribution < 1.29 is 9.13 Å². The maximum absolute atomic E-state index is 13.9. The molecule has 0 aliphatic carbocycles. The number of aryl methyl sites for hydroxylation is 1. The summed E-state index contributed by atoms with van der Waals surface area (Å²) in [6.07, 6.45) is 1.70. The lowest BCUT2D eigenvalue weighted by molar-refractivity contribution is 0.386. The van der Waals surface area contributed by atoms with Crippen LogP contribution in [0.4, 0.5) is 4.39 Å². The first-order valence-electron chi connectivity index (χ1n) is 6.51. The fourth-order valence-electron chi connectivity index (χ4n) is 2.18. The van der Waals surface area contributed by atoms with Gasteiger partial charge in [-0.15, -0.1) is 0 Å². The molecule has 0 bridgehead atoms. The van der Waals surface area contributed by atoms with Crippen molar-refractivity contribution in [2.24, 2.45) is 0 Å². The molecule has 106 valence electrons. The number of pyridine rings is 1. The van der Waals surface area contributed by atoms with E-state index in [0.29, 0.717) is 5.82 Å². The van der Waals surface area contributed by atoms with Gasteiger partial charge in [0.2, 0.25) is 0 Å². The summed E-state index contributed by atoms with van der Waals surface area (Å²) < 4.78 is 20.6. The Morgan fingerprint density at radius 3 is 2.67 bits per heavy atom. The molecule has 0 saturated heterocycles. The first-order chi connectivity index (χ1) is 10.2. The number of aromatic nitrogens is 3. The molecule has 0 unspecified atom stereocenters. The maximum atomic E-state index is 13.9. The van der Waals surface area contributed by atoms with E-state index in [2.05, 4.69) is 10.1 Å². The molecular weight excluding hydrogens is 269 g/mol. The van der Waals surface area contributed by atoms with Crippen molar-refractivity contribution in [3.63, 3.8) is 0 Å². The quantitative estimate of drug-likeness (QED) is 0.739. The second-order valence-electron chi connectivity index (χ2n) is 4.62. The van der Waals surface area contributed by atoms with E-state index >= 15 is 0 Å². The molecule has 21 heavy (non-hydrogen) atoms. The van der Waals surface area contributed by atoms with Crippen LogP contribution in [0.3, 0.4) is 0 Å². The van der Waals surface area contributed by atoms with Crippen LogP contribution in [0.15, 0.2) is 48.7 Å². The zero-order valence-corrected chi connectivity index (χ0v) is 11.7. The average molecular weight is 283 g/mol. The summed E-state index contributed by atoms with van der Waals surface area (Å²) in [4.78, 5) is 4.29. The molecule has 0 amide bonds. The highest BCUT2D eigenvalue weighted by Crippen LogP contribution is 2.27.